The van der Waals surface area contributed by atoms with Crippen LogP contribution in [-0.4, -0.2) is 50.7 Å². The first-order valence-corrected chi connectivity index (χ1v) is 12.7. The monoisotopic (exact) mass is 538 g/mol. The predicted molar refractivity (Wildman–Crippen MR) is 143 cm³/mol. The lowest BCUT2D eigenvalue weighted by molar-refractivity contribution is -0.137. The lowest BCUT2D eigenvalue weighted by Gasteiger charge is -2.32. The molecule has 0 spiro atoms. The molecule has 1 aliphatic carbocycles. The number of carboxylic acids is 1. The van der Waals surface area contributed by atoms with E-state index in [-0.39, 0.29) is 24.1 Å². The third-order valence-electron chi connectivity index (χ3n) is 7.28. The summed E-state index contributed by atoms with van der Waals surface area (Å²) < 4.78 is 41.3. The second kappa shape index (κ2) is 10.2. The standard InChI is InChI=1S/C28H29F3N6O2/c1-16(18-5-4-6-18)32-23-22-24(34-25(33-23)27(38)39)35-26(19-9-13-21(14-10-19)36(2)3)37(22)15-17-7-11-20(12-8-17)28(29,30)31/h7-14,16,18H,4-6,15H2,1-3H3,(H,38,39)(H,32,33,34)/t16-/m1/s1. The summed E-state index contributed by atoms with van der Waals surface area (Å²) >= 11 is 0. The smallest absolute Gasteiger partial charge is 0.416 e. The average molecular weight is 539 g/mol. The number of carboxylic acid groups (broad SMARTS) is 1. The minimum absolute atomic E-state index is 0.0377. The van der Waals surface area contributed by atoms with Gasteiger partial charge in [0.25, 0.3) is 0 Å². The van der Waals surface area contributed by atoms with Crippen molar-refractivity contribution < 1.29 is 23.1 Å². The largest absolute Gasteiger partial charge is 0.475 e. The number of hydrogen-bond acceptors (Lipinski definition) is 6. The van der Waals surface area contributed by atoms with Crippen molar-refractivity contribution in [1.82, 2.24) is 19.5 Å². The second-order valence-electron chi connectivity index (χ2n) is 10.2. The van der Waals surface area contributed by atoms with Crippen LogP contribution in [-0.2, 0) is 12.7 Å². The number of nitrogens with zero attached hydrogens (tertiary/aromatic N) is 5. The van der Waals surface area contributed by atoms with Gasteiger partial charge in [-0.3, -0.25) is 0 Å². The number of hydrogen-bond donors (Lipinski definition) is 2. The molecule has 2 N–H and O–H groups in total. The molecule has 1 atom stereocenters. The van der Waals surface area contributed by atoms with Gasteiger partial charge in [0.1, 0.15) is 11.3 Å². The van der Waals surface area contributed by atoms with Crippen LogP contribution < -0.4 is 10.2 Å². The molecule has 2 aromatic carbocycles. The molecule has 11 heteroatoms. The lowest BCUT2D eigenvalue weighted by Crippen LogP contribution is -2.31. The highest BCUT2D eigenvalue weighted by Crippen LogP contribution is 2.35. The number of fused-ring (bicyclic) bond motifs is 1. The van der Waals surface area contributed by atoms with Gasteiger partial charge in [-0.15, -0.1) is 0 Å². The molecule has 5 rings (SSSR count). The maximum atomic E-state index is 13.2. The molecule has 2 aromatic heterocycles. The zero-order valence-electron chi connectivity index (χ0n) is 21.8. The maximum absolute atomic E-state index is 13.2. The molecule has 8 nitrogen and oxygen atoms in total. The van der Waals surface area contributed by atoms with Gasteiger partial charge in [-0.05, 0) is 67.6 Å². The summed E-state index contributed by atoms with van der Waals surface area (Å²) in [6.07, 6.45) is -1.14. The number of aromatic carboxylic acids is 1. The first-order chi connectivity index (χ1) is 18.5. The Balaban J connectivity index is 1.67. The van der Waals surface area contributed by atoms with Crippen LogP contribution in [0.4, 0.5) is 24.7 Å². The van der Waals surface area contributed by atoms with Crippen LogP contribution in [0.3, 0.4) is 0 Å². The highest BCUT2D eigenvalue weighted by Gasteiger charge is 2.30. The number of carbonyl (C=O) groups is 1. The van der Waals surface area contributed by atoms with Crippen LogP contribution in [0.5, 0.6) is 0 Å². The van der Waals surface area contributed by atoms with Crippen LogP contribution in [0.2, 0.25) is 0 Å². The summed E-state index contributed by atoms with van der Waals surface area (Å²) in [6, 6.07) is 12.7. The molecule has 0 aliphatic heterocycles. The lowest BCUT2D eigenvalue weighted by atomic mass is 9.80. The molecule has 2 heterocycles. The minimum atomic E-state index is -4.44. The summed E-state index contributed by atoms with van der Waals surface area (Å²) in [7, 11) is 3.86. The van der Waals surface area contributed by atoms with E-state index < -0.39 is 17.7 Å². The van der Waals surface area contributed by atoms with E-state index >= 15 is 0 Å². The third kappa shape index (κ3) is 5.39. The fourth-order valence-corrected chi connectivity index (χ4v) is 4.77. The number of rotatable bonds is 8. The summed E-state index contributed by atoms with van der Waals surface area (Å²) in [5.41, 5.74) is 2.32. The van der Waals surface area contributed by atoms with E-state index in [1.807, 2.05) is 54.8 Å². The van der Waals surface area contributed by atoms with Crippen LogP contribution in [0.25, 0.3) is 22.6 Å². The zero-order chi connectivity index (χ0) is 27.9. The molecular weight excluding hydrogens is 509 g/mol. The molecule has 0 amide bonds. The Bertz CT molecular complexity index is 1490. The number of benzene rings is 2. The van der Waals surface area contributed by atoms with Gasteiger partial charge in [0.15, 0.2) is 11.5 Å². The molecule has 1 aliphatic rings. The minimum Gasteiger partial charge on any atom is -0.475 e. The Morgan fingerprint density at radius 2 is 1.74 bits per heavy atom. The van der Waals surface area contributed by atoms with E-state index in [2.05, 4.69) is 15.3 Å². The SMILES string of the molecule is C[C@@H](Nc1nc(C(=O)O)nc2nc(-c3ccc(N(C)C)cc3)n(Cc3ccc(C(F)(F)F)cc3)c12)C1CCC1. The van der Waals surface area contributed by atoms with E-state index in [4.69, 9.17) is 4.98 Å². The van der Waals surface area contributed by atoms with Gasteiger partial charge in [-0.25, -0.2) is 19.7 Å². The van der Waals surface area contributed by atoms with Crippen molar-refractivity contribution in [2.45, 2.75) is 44.9 Å². The molecule has 0 bridgehead atoms. The summed E-state index contributed by atoms with van der Waals surface area (Å²) in [5, 5.41) is 13.1. The number of aromatic nitrogens is 4. The Hall–Kier alpha value is -4.15. The first-order valence-electron chi connectivity index (χ1n) is 12.7. The number of alkyl halides is 3. The van der Waals surface area contributed by atoms with Crippen molar-refractivity contribution in [1.29, 1.82) is 0 Å². The van der Waals surface area contributed by atoms with Crippen molar-refractivity contribution in [2.75, 3.05) is 24.3 Å². The van der Waals surface area contributed by atoms with Crippen LogP contribution >= 0.6 is 0 Å². The Morgan fingerprint density at radius 1 is 1.08 bits per heavy atom. The number of nitrogens with one attached hydrogen (secondary N) is 1. The van der Waals surface area contributed by atoms with Crippen molar-refractivity contribution in [3.05, 3.63) is 65.5 Å². The molecule has 4 aromatic rings. The Labute approximate surface area is 223 Å². The highest BCUT2D eigenvalue weighted by atomic mass is 19.4. The van der Waals surface area contributed by atoms with E-state index in [1.54, 1.807) is 0 Å². The van der Waals surface area contributed by atoms with Crippen molar-refractivity contribution >= 4 is 28.6 Å². The summed E-state index contributed by atoms with van der Waals surface area (Å²) in [4.78, 5) is 27.1. The molecule has 1 fully saturated rings. The Kier molecular flexibility index (Phi) is 6.92. The van der Waals surface area contributed by atoms with Crippen molar-refractivity contribution in [2.24, 2.45) is 5.92 Å². The van der Waals surface area contributed by atoms with E-state index in [9.17, 15) is 23.1 Å². The fourth-order valence-electron chi connectivity index (χ4n) is 4.77. The van der Waals surface area contributed by atoms with Crippen LogP contribution in [0.1, 0.15) is 47.9 Å². The van der Waals surface area contributed by atoms with Gasteiger partial charge in [0, 0.05) is 37.9 Å². The number of imidazole rings is 1. The number of anilines is 2. The Morgan fingerprint density at radius 3 is 2.28 bits per heavy atom. The molecule has 0 radical (unpaired) electrons. The van der Waals surface area contributed by atoms with Gasteiger partial charge in [0.05, 0.1) is 5.56 Å². The van der Waals surface area contributed by atoms with Gasteiger partial charge in [-0.2, -0.15) is 13.2 Å². The van der Waals surface area contributed by atoms with Crippen LogP contribution in [0.15, 0.2) is 48.5 Å². The molecule has 39 heavy (non-hydrogen) atoms. The zero-order valence-corrected chi connectivity index (χ0v) is 21.8. The van der Waals surface area contributed by atoms with E-state index in [1.165, 1.54) is 12.1 Å². The van der Waals surface area contributed by atoms with Gasteiger partial charge < -0.3 is 19.9 Å². The normalized spacial score (nSPS) is 14.7. The summed E-state index contributed by atoms with van der Waals surface area (Å²) in [6.45, 7) is 2.22. The van der Waals surface area contributed by atoms with Crippen LogP contribution in [0, 0.1) is 5.92 Å². The molecule has 204 valence electrons. The first kappa shape index (κ1) is 26.5. The van der Waals surface area contributed by atoms with Gasteiger partial charge in [-0.1, -0.05) is 18.6 Å². The fraction of sp³-hybridized carbons (Fsp3) is 0.357. The van der Waals surface area contributed by atoms with Gasteiger partial charge >= 0.3 is 12.1 Å². The molecular formula is C28H29F3N6O2. The highest BCUT2D eigenvalue weighted by molar-refractivity contribution is 5.92. The van der Waals surface area contributed by atoms with Gasteiger partial charge in [0.2, 0.25) is 5.82 Å². The number of halogens is 3. The average Bonchev–Trinajstić information content (AvgIpc) is 3.21. The quantitative estimate of drug-likeness (QED) is 0.287. The van der Waals surface area contributed by atoms with Crippen molar-refractivity contribution in [3.63, 3.8) is 0 Å². The third-order valence-corrected chi connectivity index (χ3v) is 7.28. The molecule has 0 saturated heterocycles. The second-order valence-corrected chi connectivity index (χ2v) is 10.2. The van der Waals surface area contributed by atoms with E-state index in [0.717, 1.165) is 42.6 Å². The summed E-state index contributed by atoms with van der Waals surface area (Å²) in [5.74, 6) is -0.365. The van der Waals surface area contributed by atoms with Crippen molar-refractivity contribution in [3.8, 4) is 11.4 Å². The molecule has 0 unspecified atom stereocenters. The predicted octanol–water partition coefficient (Wildman–Crippen LogP) is 5.93. The maximum Gasteiger partial charge on any atom is 0.416 e. The topological polar surface area (TPSA) is 96.2 Å². The molecule has 1 saturated carbocycles. The van der Waals surface area contributed by atoms with E-state index in [0.29, 0.717) is 28.6 Å².